The molecular formula is C21H24FNO2. The van der Waals surface area contributed by atoms with Crippen molar-refractivity contribution in [1.82, 2.24) is 5.32 Å². The number of fused-ring (bicyclic) bond motifs is 1. The quantitative estimate of drug-likeness (QED) is 0.730. The number of nitrogens with one attached hydrogen (secondary N) is 1. The van der Waals surface area contributed by atoms with Gasteiger partial charge in [0.05, 0.1) is 6.61 Å². The summed E-state index contributed by atoms with van der Waals surface area (Å²) in [5.41, 5.74) is 2.73. The number of halogens is 1. The van der Waals surface area contributed by atoms with Gasteiger partial charge in [-0.3, -0.25) is 4.79 Å². The maximum Gasteiger partial charge on any atom is 0.220 e. The van der Waals surface area contributed by atoms with Crippen LogP contribution in [0.3, 0.4) is 0 Å². The molecule has 0 spiro atoms. The molecule has 2 aromatic rings. The summed E-state index contributed by atoms with van der Waals surface area (Å²) < 4.78 is 18.3. The van der Waals surface area contributed by atoms with Crippen LogP contribution < -0.4 is 10.1 Å². The van der Waals surface area contributed by atoms with Crippen molar-refractivity contribution in [3.8, 4) is 5.75 Å². The molecule has 0 heterocycles. The summed E-state index contributed by atoms with van der Waals surface area (Å²) in [5.74, 6) is 0.893. The molecule has 0 radical (unpaired) electrons. The Morgan fingerprint density at radius 2 is 1.92 bits per heavy atom. The fourth-order valence-corrected chi connectivity index (χ4v) is 3.33. The van der Waals surface area contributed by atoms with Gasteiger partial charge in [0.1, 0.15) is 11.6 Å². The summed E-state index contributed by atoms with van der Waals surface area (Å²) in [5, 5.41) is 3.00. The van der Waals surface area contributed by atoms with E-state index < -0.39 is 0 Å². The molecule has 1 aliphatic rings. The van der Waals surface area contributed by atoms with E-state index in [-0.39, 0.29) is 11.7 Å². The monoisotopic (exact) mass is 341 g/mol. The van der Waals surface area contributed by atoms with Gasteiger partial charge in [-0.25, -0.2) is 4.39 Å². The predicted octanol–water partition coefficient (Wildman–Crippen LogP) is 4.22. The van der Waals surface area contributed by atoms with Gasteiger partial charge in [0, 0.05) is 13.0 Å². The van der Waals surface area contributed by atoms with Gasteiger partial charge in [0.15, 0.2) is 0 Å². The molecule has 3 rings (SSSR count). The van der Waals surface area contributed by atoms with Gasteiger partial charge in [-0.05, 0) is 67.0 Å². The molecule has 0 fully saturated rings. The van der Waals surface area contributed by atoms with E-state index in [1.807, 2.05) is 0 Å². The number of carbonyl (C=O) groups is 1. The first-order valence-electron chi connectivity index (χ1n) is 8.95. The molecule has 1 unspecified atom stereocenters. The number of ether oxygens (including phenoxy) is 1. The molecule has 0 aliphatic heterocycles. The second-order valence-corrected chi connectivity index (χ2v) is 6.50. The molecule has 1 atom stereocenters. The largest absolute Gasteiger partial charge is 0.494 e. The molecule has 2 aromatic carbocycles. The molecular weight excluding hydrogens is 317 g/mol. The molecule has 0 saturated carbocycles. The molecule has 25 heavy (non-hydrogen) atoms. The van der Waals surface area contributed by atoms with Gasteiger partial charge in [0.2, 0.25) is 5.91 Å². The molecule has 1 N–H and O–H groups in total. The smallest absolute Gasteiger partial charge is 0.220 e. The lowest BCUT2D eigenvalue weighted by Gasteiger charge is -2.12. The van der Waals surface area contributed by atoms with Crippen LogP contribution in [-0.2, 0) is 11.2 Å². The SMILES string of the molecule is O=C(CC1CCc2ccccc21)NCCCCOc1ccc(F)cc1. The van der Waals surface area contributed by atoms with E-state index in [4.69, 9.17) is 4.74 Å². The van der Waals surface area contributed by atoms with Crippen molar-refractivity contribution in [2.75, 3.05) is 13.2 Å². The average molecular weight is 341 g/mol. The molecule has 0 aromatic heterocycles. The number of amides is 1. The van der Waals surface area contributed by atoms with Gasteiger partial charge in [0.25, 0.3) is 0 Å². The van der Waals surface area contributed by atoms with E-state index in [0.717, 1.165) is 25.7 Å². The van der Waals surface area contributed by atoms with Crippen molar-refractivity contribution in [2.45, 2.75) is 38.0 Å². The summed E-state index contributed by atoms with van der Waals surface area (Å²) in [6, 6.07) is 14.4. The molecule has 4 heteroatoms. The number of hydrogen-bond acceptors (Lipinski definition) is 2. The Hall–Kier alpha value is -2.36. The van der Waals surface area contributed by atoms with Crippen molar-refractivity contribution in [1.29, 1.82) is 0 Å². The van der Waals surface area contributed by atoms with Crippen LogP contribution in [-0.4, -0.2) is 19.1 Å². The summed E-state index contributed by atoms with van der Waals surface area (Å²) in [6.45, 7) is 1.23. The maximum atomic E-state index is 12.8. The highest BCUT2D eigenvalue weighted by atomic mass is 19.1. The number of unbranched alkanes of at least 4 members (excludes halogenated alkanes) is 1. The molecule has 0 bridgehead atoms. The van der Waals surface area contributed by atoms with Crippen LogP contribution in [0.25, 0.3) is 0 Å². The van der Waals surface area contributed by atoms with Crippen molar-refractivity contribution in [3.05, 3.63) is 65.5 Å². The zero-order valence-electron chi connectivity index (χ0n) is 14.3. The standard InChI is InChI=1S/C21H24FNO2/c22-18-9-11-19(12-10-18)25-14-4-3-13-23-21(24)15-17-8-7-16-5-1-2-6-20(16)17/h1-2,5-6,9-12,17H,3-4,7-8,13-15H2,(H,23,24). The number of hydrogen-bond donors (Lipinski definition) is 1. The minimum Gasteiger partial charge on any atom is -0.494 e. The van der Waals surface area contributed by atoms with Crippen molar-refractivity contribution in [2.24, 2.45) is 0 Å². The van der Waals surface area contributed by atoms with Gasteiger partial charge in [-0.1, -0.05) is 24.3 Å². The van der Waals surface area contributed by atoms with Gasteiger partial charge in [-0.15, -0.1) is 0 Å². The Morgan fingerprint density at radius 3 is 2.76 bits per heavy atom. The van der Waals surface area contributed by atoms with E-state index in [1.54, 1.807) is 12.1 Å². The molecule has 0 saturated heterocycles. The van der Waals surface area contributed by atoms with E-state index in [2.05, 4.69) is 29.6 Å². The lowest BCUT2D eigenvalue weighted by molar-refractivity contribution is -0.121. The summed E-state index contributed by atoms with van der Waals surface area (Å²) in [4.78, 5) is 12.1. The Kier molecular flexibility index (Phi) is 6.04. The van der Waals surface area contributed by atoms with Crippen molar-refractivity contribution in [3.63, 3.8) is 0 Å². The summed E-state index contributed by atoms with van der Waals surface area (Å²) in [6.07, 6.45) is 4.44. The highest BCUT2D eigenvalue weighted by Crippen LogP contribution is 2.34. The Balaban J connectivity index is 1.29. The lowest BCUT2D eigenvalue weighted by atomic mass is 9.97. The number of benzene rings is 2. The molecule has 132 valence electrons. The first kappa shape index (κ1) is 17.5. The van der Waals surface area contributed by atoms with Gasteiger partial charge >= 0.3 is 0 Å². The number of rotatable bonds is 8. The Labute approximate surface area is 148 Å². The van der Waals surface area contributed by atoms with Crippen LogP contribution in [0.1, 0.15) is 42.7 Å². The Bertz CT molecular complexity index is 699. The van der Waals surface area contributed by atoms with E-state index >= 15 is 0 Å². The minimum absolute atomic E-state index is 0.126. The highest BCUT2D eigenvalue weighted by Gasteiger charge is 2.23. The first-order chi connectivity index (χ1) is 12.2. The number of carbonyl (C=O) groups excluding carboxylic acids is 1. The van der Waals surface area contributed by atoms with Crippen molar-refractivity contribution < 1.29 is 13.9 Å². The van der Waals surface area contributed by atoms with E-state index in [1.165, 1.54) is 23.3 Å². The van der Waals surface area contributed by atoms with Crippen LogP contribution in [0.2, 0.25) is 0 Å². The fraction of sp³-hybridized carbons (Fsp3) is 0.381. The molecule has 1 aliphatic carbocycles. The number of aryl methyl sites for hydroxylation is 1. The summed E-state index contributed by atoms with van der Waals surface area (Å²) in [7, 11) is 0. The molecule has 1 amide bonds. The zero-order chi connectivity index (χ0) is 17.5. The van der Waals surface area contributed by atoms with E-state index in [0.29, 0.717) is 31.2 Å². The third-order valence-electron chi connectivity index (χ3n) is 4.66. The van der Waals surface area contributed by atoms with Crippen LogP contribution >= 0.6 is 0 Å². The van der Waals surface area contributed by atoms with E-state index in [9.17, 15) is 9.18 Å². The van der Waals surface area contributed by atoms with Crippen LogP contribution in [0.15, 0.2) is 48.5 Å². The van der Waals surface area contributed by atoms with Gasteiger partial charge in [-0.2, -0.15) is 0 Å². The second kappa shape index (κ2) is 8.65. The first-order valence-corrected chi connectivity index (χ1v) is 8.95. The second-order valence-electron chi connectivity index (χ2n) is 6.50. The normalized spacial score (nSPS) is 15.6. The van der Waals surface area contributed by atoms with Crippen molar-refractivity contribution >= 4 is 5.91 Å². The fourth-order valence-electron chi connectivity index (χ4n) is 3.33. The third-order valence-corrected chi connectivity index (χ3v) is 4.66. The lowest BCUT2D eigenvalue weighted by Crippen LogP contribution is -2.26. The highest BCUT2D eigenvalue weighted by molar-refractivity contribution is 5.77. The van der Waals surface area contributed by atoms with Crippen LogP contribution in [0.5, 0.6) is 5.75 Å². The molecule has 3 nitrogen and oxygen atoms in total. The van der Waals surface area contributed by atoms with Crippen LogP contribution in [0, 0.1) is 5.82 Å². The third kappa shape index (κ3) is 5.05. The topological polar surface area (TPSA) is 38.3 Å². The Morgan fingerprint density at radius 1 is 1.12 bits per heavy atom. The minimum atomic E-state index is -0.264. The average Bonchev–Trinajstić information content (AvgIpc) is 3.02. The van der Waals surface area contributed by atoms with Gasteiger partial charge < -0.3 is 10.1 Å². The predicted molar refractivity (Wildman–Crippen MR) is 96.3 cm³/mol. The summed E-state index contributed by atoms with van der Waals surface area (Å²) >= 11 is 0. The maximum absolute atomic E-state index is 12.8. The van der Waals surface area contributed by atoms with Crippen LogP contribution in [0.4, 0.5) is 4.39 Å². The zero-order valence-corrected chi connectivity index (χ0v) is 14.3.